The third kappa shape index (κ3) is 1.18. The van der Waals surface area contributed by atoms with Crippen LogP contribution in [-0.4, -0.2) is 30.1 Å². The first kappa shape index (κ1) is 7.55. The Morgan fingerprint density at radius 1 is 1.09 bits per heavy atom. The Morgan fingerprint density at radius 2 is 1.64 bits per heavy atom. The zero-order chi connectivity index (χ0) is 8.06. The van der Waals surface area contributed by atoms with E-state index in [2.05, 4.69) is 0 Å². The molecule has 4 heteroatoms. The fourth-order valence-corrected chi connectivity index (χ4v) is 3.79. The summed E-state index contributed by atoms with van der Waals surface area (Å²) in [5, 5.41) is 8.65. The van der Waals surface area contributed by atoms with Crippen LogP contribution in [0.15, 0.2) is 0 Å². The maximum Gasteiger partial charge on any atom is 0.156 e. The van der Waals surface area contributed by atoms with E-state index in [1.165, 1.54) is 0 Å². The molecule has 11 heavy (non-hydrogen) atoms. The van der Waals surface area contributed by atoms with Gasteiger partial charge in [0.05, 0.1) is 16.6 Å². The minimum absolute atomic E-state index is 0.0556. The second kappa shape index (κ2) is 2.20. The summed E-state index contributed by atoms with van der Waals surface area (Å²) in [5.41, 5.74) is 0. The molecule has 0 saturated heterocycles. The van der Waals surface area contributed by atoms with Gasteiger partial charge in [0.15, 0.2) is 9.84 Å². The van der Waals surface area contributed by atoms with Crippen molar-refractivity contribution in [3.63, 3.8) is 0 Å². The molecular formula is C7H12O3S. The van der Waals surface area contributed by atoms with Gasteiger partial charge in [-0.05, 0) is 25.7 Å². The molecule has 0 aliphatic heterocycles. The van der Waals surface area contributed by atoms with Gasteiger partial charge in [-0.2, -0.15) is 0 Å². The Kier molecular flexibility index (Phi) is 1.51. The molecule has 0 spiro atoms. The topological polar surface area (TPSA) is 54.4 Å². The zero-order valence-corrected chi connectivity index (χ0v) is 7.05. The second-order valence-corrected chi connectivity index (χ2v) is 6.05. The third-order valence-electron chi connectivity index (χ3n) is 2.52. The predicted molar refractivity (Wildman–Crippen MR) is 41.0 cm³/mol. The highest BCUT2D eigenvalue weighted by Crippen LogP contribution is 2.38. The van der Waals surface area contributed by atoms with Crippen molar-refractivity contribution in [2.45, 2.75) is 42.3 Å². The van der Waals surface area contributed by atoms with E-state index in [1.54, 1.807) is 0 Å². The predicted octanol–water partition coefficient (Wildman–Crippen LogP) is 0.0869. The molecule has 1 N–H and O–H groups in total. The summed E-state index contributed by atoms with van der Waals surface area (Å²) in [7, 11) is -2.82. The van der Waals surface area contributed by atoms with E-state index < -0.39 is 9.84 Å². The normalized spacial score (nSPS) is 38.3. The van der Waals surface area contributed by atoms with Crippen molar-refractivity contribution in [3.05, 3.63) is 0 Å². The molecule has 2 fully saturated rings. The van der Waals surface area contributed by atoms with E-state index in [-0.39, 0.29) is 16.6 Å². The average Bonchev–Trinajstić information content (AvgIpc) is 2.60. The van der Waals surface area contributed by atoms with Crippen LogP contribution in [0.4, 0.5) is 0 Å². The molecule has 0 aromatic rings. The van der Waals surface area contributed by atoms with Gasteiger partial charge in [-0.25, -0.2) is 8.42 Å². The first-order valence-electron chi connectivity index (χ1n) is 4.01. The summed E-state index contributed by atoms with van der Waals surface area (Å²) in [6.07, 6.45) is 2.27. The largest absolute Gasteiger partial charge is 0.393 e. The van der Waals surface area contributed by atoms with Gasteiger partial charge in [-0.3, -0.25) is 0 Å². The average molecular weight is 176 g/mol. The van der Waals surface area contributed by atoms with Crippen LogP contribution in [0.25, 0.3) is 0 Å². The van der Waals surface area contributed by atoms with Gasteiger partial charge < -0.3 is 5.11 Å². The Hall–Kier alpha value is -0.0900. The van der Waals surface area contributed by atoms with Crippen LogP contribution in [0, 0.1) is 0 Å². The number of aliphatic hydroxyl groups excluding tert-OH is 1. The van der Waals surface area contributed by atoms with Crippen molar-refractivity contribution in [1.29, 1.82) is 0 Å². The van der Waals surface area contributed by atoms with Gasteiger partial charge in [-0.1, -0.05) is 0 Å². The van der Waals surface area contributed by atoms with Crippen molar-refractivity contribution in [3.8, 4) is 0 Å². The molecule has 0 unspecified atom stereocenters. The highest BCUT2D eigenvalue weighted by Gasteiger charge is 2.46. The SMILES string of the molecule is O=S(=O)(C1CC1)C1CC(O)C1. The smallest absolute Gasteiger partial charge is 0.156 e. The second-order valence-electron chi connectivity index (χ2n) is 3.54. The fourth-order valence-electron chi connectivity index (χ4n) is 1.47. The van der Waals surface area contributed by atoms with Gasteiger partial charge in [0.2, 0.25) is 0 Å². The first-order chi connectivity index (χ1) is 5.10. The summed E-state index contributed by atoms with van der Waals surface area (Å²) in [5.74, 6) is 0. The molecule has 0 heterocycles. The van der Waals surface area contributed by atoms with E-state index in [0.717, 1.165) is 12.8 Å². The Balaban J connectivity index is 2.04. The molecule has 64 valence electrons. The van der Waals surface area contributed by atoms with E-state index in [9.17, 15) is 8.42 Å². The molecule has 0 aromatic carbocycles. The molecule has 0 radical (unpaired) electrons. The van der Waals surface area contributed by atoms with E-state index in [4.69, 9.17) is 5.11 Å². The lowest BCUT2D eigenvalue weighted by Gasteiger charge is -2.30. The van der Waals surface area contributed by atoms with Crippen LogP contribution < -0.4 is 0 Å². The molecule has 2 rings (SSSR count). The monoisotopic (exact) mass is 176 g/mol. The molecule has 3 nitrogen and oxygen atoms in total. The summed E-state index contributed by atoms with van der Waals surface area (Å²) < 4.78 is 22.8. The van der Waals surface area contributed by atoms with Crippen molar-refractivity contribution in [2.75, 3.05) is 0 Å². The summed E-state index contributed by atoms with van der Waals surface area (Å²) in [6, 6.07) is 0. The summed E-state index contributed by atoms with van der Waals surface area (Å²) in [6.45, 7) is 0. The molecule has 2 aliphatic carbocycles. The molecule has 0 amide bonds. The van der Waals surface area contributed by atoms with Crippen LogP contribution in [-0.2, 0) is 9.84 Å². The zero-order valence-electron chi connectivity index (χ0n) is 6.23. The highest BCUT2D eigenvalue weighted by molar-refractivity contribution is 7.93. The molecule has 0 aromatic heterocycles. The van der Waals surface area contributed by atoms with Crippen LogP contribution in [0.1, 0.15) is 25.7 Å². The van der Waals surface area contributed by atoms with Crippen molar-refractivity contribution in [1.82, 2.24) is 0 Å². The summed E-state index contributed by atoms with van der Waals surface area (Å²) >= 11 is 0. The van der Waals surface area contributed by atoms with E-state index in [1.807, 2.05) is 0 Å². The lowest BCUT2D eigenvalue weighted by molar-refractivity contribution is 0.0976. The minimum atomic E-state index is -2.82. The molecule has 0 atom stereocenters. The molecule has 2 aliphatic rings. The Morgan fingerprint density at radius 3 is 2.00 bits per heavy atom. The highest BCUT2D eigenvalue weighted by atomic mass is 32.2. The first-order valence-corrected chi connectivity index (χ1v) is 5.62. The van der Waals surface area contributed by atoms with Crippen molar-refractivity contribution < 1.29 is 13.5 Å². The minimum Gasteiger partial charge on any atom is -0.393 e. The van der Waals surface area contributed by atoms with Crippen molar-refractivity contribution in [2.24, 2.45) is 0 Å². The van der Waals surface area contributed by atoms with Gasteiger partial charge in [0, 0.05) is 0 Å². The third-order valence-corrected chi connectivity index (χ3v) is 5.24. The van der Waals surface area contributed by atoms with Crippen molar-refractivity contribution >= 4 is 9.84 Å². The number of hydrogen-bond acceptors (Lipinski definition) is 3. The molecule has 2 saturated carbocycles. The van der Waals surface area contributed by atoms with Crippen LogP contribution in [0.2, 0.25) is 0 Å². The van der Waals surface area contributed by atoms with Crippen LogP contribution in [0.5, 0.6) is 0 Å². The fraction of sp³-hybridized carbons (Fsp3) is 1.00. The quantitative estimate of drug-likeness (QED) is 0.648. The Bertz CT molecular complexity index is 247. The van der Waals surface area contributed by atoms with Gasteiger partial charge in [-0.15, -0.1) is 0 Å². The van der Waals surface area contributed by atoms with Gasteiger partial charge in [0.1, 0.15) is 0 Å². The number of aliphatic hydroxyl groups is 1. The summed E-state index contributed by atoms with van der Waals surface area (Å²) in [4.78, 5) is 0. The van der Waals surface area contributed by atoms with Crippen LogP contribution >= 0.6 is 0 Å². The Labute approximate surface area is 66.3 Å². The van der Waals surface area contributed by atoms with E-state index >= 15 is 0 Å². The standard InChI is InChI=1S/C7H12O3S/c8-5-3-7(4-5)11(9,10)6-1-2-6/h5-8H,1-4H2. The number of sulfone groups is 1. The van der Waals surface area contributed by atoms with E-state index in [0.29, 0.717) is 12.8 Å². The molecule has 0 bridgehead atoms. The maximum absolute atomic E-state index is 11.4. The maximum atomic E-state index is 11.4. The van der Waals surface area contributed by atoms with Gasteiger partial charge in [0.25, 0.3) is 0 Å². The molecular weight excluding hydrogens is 164 g/mol. The lowest BCUT2D eigenvalue weighted by Crippen LogP contribution is -2.40. The van der Waals surface area contributed by atoms with Crippen LogP contribution in [0.3, 0.4) is 0 Å². The number of hydrogen-bond donors (Lipinski definition) is 1. The number of rotatable bonds is 2. The van der Waals surface area contributed by atoms with Gasteiger partial charge >= 0.3 is 0 Å². The lowest BCUT2D eigenvalue weighted by atomic mass is 9.96.